The minimum atomic E-state index is -0.0719. The zero-order chi connectivity index (χ0) is 20.8. The van der Waals surface area contributed by atoms with Crippen LogP contribution in [0.1, 0.15) is 15.9 Å². The van der Waals surface area contributed by atoms with Crippen molar-refractivity contribution in [1.82, 2.24) is 9.97 Å². The Bertz CT molecular complexity index is 1110. The second-order valence-corrected chi connectivity index (χ2v) is 8.27. The van der Waals surface area contributed by atoms with Gasteiger partial charge < -0.3 is 0 Å². The van der Waals surface area contributed by atoms with Gasteiger partial charge in [-0.3, -0.25) is 9.69 Å². The molecule has 0 aliphatic heterocycles. The van der Waals surface area contributed by atoms with Crippen molar-refractivity contribution in [3.63, 3.8) is 0 Å². The van der Waals surface area contributed by atoms with Gasteiger partial charge in [0.05, 0.1) is 11.3 Å². The molecule has 0 unspecified atom stereocenters. The van der Waals surface area contributed by atoms with Crippen molar-refractivity contribution in [2.75, 3.05) is 17.7 Å². The van der Waals surface area contributed by atoms with E-state index in [0.29, 0.717) is 17.2 Å². The molecular weight excluding hydrogens is 410 g/mol. The van der Waals surface area contributed by atoms with Crippen LogP contribution in [-0.2, 0) is 6.42 Å². The molecule has 0 N–H and O–H groups in total. The fraction of sp³-hybridized carbons (Fsp3) is 0.125. The van der Waals surface area contributed by atoms with Crippen molar-refractivity contribution < 1.29 is 4.79 Å². The number of pyridine rings is 1. The summed E-state index contributed by atoms with van der Waals surface area (Å²) in [7, 11) is 0. The Kier molecular flexibility index (Phi) is 6.57. The fourth-order valence-electron chi connectivity index (χ4n) is 3.16. The highest BCUT2D eigenvalue weighted by atomic mass is 32.2. The van der Waals surface area contributed by atoms with E-state index in [1.165, 1.54) is 28.7 Å². The number of nitrogens with zero attached hydrogens (tertiary/aromatic N) is 3. The standard InChI is InChI=1S/C24H21N3OS2/c1-29-22-20(13-8-15-25-22)23(28)27(16-14-18-9-4-2-5-10-18)24-26-21(17-30-24)19-11-6-3-7-12-19/h2-13,15,17H,14,16H2,1H3. The van der Waals surface area contributed by atoms with Gasteiger partial charge in [0.2, 0.25) is 0 Å². The van der Waals surface area contributed by atoms with Gasteiger partial charge in [0.25, 0.3) is 5.91 Å². The average molecular weight is 432 g/mol. The molecule has 0 saturated carbocycles. The molecule has 0 bridgehead atoms. The number of thiazole rings is 1. The van der Waals surface area contributed by atoms with Crippen LogP contribution in [0.4, 0.5) is 5.13 Å². The molecule has 0 fully saturated rings. The summed E-state index contributed by atoms with van der Waals surface area (Å²) < 4.78 is 0. The lowest BCUT2D eigenvalue weighted by atomic mass is 10.1. The normalized spacial score (nSPS) is 10.7. The molecule has 2 aromatic carbocycles. The maximum absolute atomic E-state index is 13.5. The SMILES string of the molecule is CSc1ncccc1C(=O)N(CCc1ccccc1)c1nc(-c2ccccc2)cs1. The van der Waals surface area contributed by atoms with Crippen molar-refractivity contribution in [2.24, 2.45) is 0 Å². The summed E-state index contributed by atoms with van der Waals surface area (Å²) in [5.74, 6) is -0.0719. The molecule has 2 heterocycles. The molecule has 1 amide bonds. The zero-order valence-electron chi connectivity index (χ0n) is 16.6. The second kappa shape index (κ2) is 9.69. The van der Waals surface area contributed by atoms with E-state index in [1.807, 2.05) is 66.2 Å². The van der Waals surface area contributed by atoms with Crippen LogP contribution in [-0.4, -0.2) is 28.7 Å². The Balaban J connectivity index is 1.66. The summed E-state index contributed by atoms with van der Waals surface area (Å²) >= 11 is 2.97. The van der Waals surface area contributed by atoms with Crippen LogP contribution in [0.15, 0.2) is 89.4 Å². The molecule has 0 atom stereocenters. The third-order valence-electron chi connectivity index (χ3n) is 4.70. The number of hydrogen-bond donors (Lipinski definition) is 0. The van der Waals surface area contributed by atoms with Gasteiger partial charge in [0.1, 0.15) is 5.03 Å². The largest absolute Gasteiger partial charge is 0.284 e. The Morgan fingerprint density at radius 3 is 2.47 bits per heavy atom. The molecule has 2 aromatic heterocycles. The number of amides is 1. The van der Waals surface area contributed by atoms with E-state index in [2.05, 4.69) is 17.1 Å². The van der Waals surface area contributed by atoms with E-state index in [4.69, 9.17) is 4.98 Å². The second-order valence-electron chi connectivity index (χ2n) is 6.63. The Labute approximate surface area is 184 Å². The topological polar surface area (TPSA) is 46.1 Å². The van der Waals surface area contributed by atoms with Crippen molar-refractivity contribution >= 4 is 34.1 Å². The van der Waals surface area contributed by atoms with Crippen molar-refractivity contribution in [1.29, 1.82) is 0 Å². The first-order valence-corrected chi connectivity index (χ1v) is 11.7. The molecule has 0 aliphatic carbocycles. The molecule has 6 heteroatoms. The smallest absolute Gasteiger partial charge is 0.262 e. The van der Waals surface area contributed by atoms with Gasteiger partial charge in [-0.2, -0.15) is 0 Å². The van der Waals surface area contributed by atoms with Crippen LogP contribution >= 0.6 is 23.1 Å². The molecule has 0 aliphatic rings. The van der Waals surface area contributed by atoms with E-state index in [0.717, 1.165) is 22.7 Å². The highest BCUT2D eigenvalue weighted by Crippen LogP contribution is 2.29. The number of thioether (sulfide) groups is 1. The highest BCUT2D eigenvalue weighted by Gasteiger charge is 2.23. The monoisotopic (exact) mass is 431 g/mol. The minimum absolute atomic E-state index is 0.0719. The molecule has 0 spiro atoms. The van der Waals surface area contributed by atoms with Gasteiger partial charge in [-0.05, 0) is 30.4 Å². The molecule has 4 rings (SSSR count). The third-order valence-corrected chi connectivity index (χ3v) is 6.28. The first-order chi connectivity index (χ1) is 14.8. The van der Waals surface area contributed by atoms with E-state index in [9.17, 15) is 4.79 Å². The predicted molar refractivity (Wildman–Crippen MR) is 125 cm³/mol. The van der Waals surface area contributed by atoms with Crippen LogP contribution in [0, 0.1) is 0 Å². The number of anilines is 1. The Morgan fingerprint density at radius 1 is 1.00 bits per heavy atom. The predicted octanol–water partition coefficient (Wildman–Crippen LogP) is 5.82. The van der Waals surface area contributed by atoms with Gasteiger partial charge in [-0.1, -0.05) is 60.7 Å². The zero-order valence-corrected chi connectivity index (χ0v) is 18.2. The molecule has 30 heavy (non-hydrogen) atoms. The molecular formula is C24H21N3OS2. The molecule has 0 radical (unpaired) electrons. The van der Waals surface area contributed by atoms with E-state index in [1.54, 1.807) is 17.2 Å². The minimum Gasteiger partial charge on any atom is -0.284 e. The van der Waals surface area contributed by atoms with Crippen LogP contribution in [0.5, 0.6) is 0 Å². The highest BCUT2D eigenvalue weighted by molar-refractivity contribution is 7.98. The summed E-state index contributed by atoms with van der Waals surface area (Å²) in [5, 5.41) is 3.43. The molecule has 4 aromatic rings. The molecule has 0 saturated heterocycles. The third kappa shape index (κ3) is 4.61. The fourth-order valence-corrected chi connectivity index (χ4v) is 4.56. The van der Waals surface area contributed by atoms with Crippen LogP contribution in [0.3, 0.4) is 0 Å². The van der Waals surface area contributed by atoms with Crippen LogP contribution in [0.25, 0.3) is 11.3 Å². The quantitative estimate of drug-likeness (QED) is 0.346. The Hall–Kier alpha value is -2.96. The van der Waals surface area contributed by atoms with Crippen LogP contribution in [0.2, 0.25) is 0 Å². The van der Waals surface area contributed by atoms with Crippen molar-refractivity contribution in [3.05, 3.63) is 95.5 Å². The van der Waals surface area contributed by atoms with Gasteiger partial charge in [0, 0.05) is 23.7 Å². The number of carbonyl (C=O) groups excluding carboxylic acids is 1. The molecule has 150 valence electrons. The number of benzene rings is 2. The lowest BCUT2D eigenvalue weighted by Gasteiger charge is -2.21. The van der Waals surface area contributed by atoms with Gasteiger partial charge in [-0.15, -0.1) is 23.1 Å². The Morgan fingerprint density at radius 2 is 1.73 bits per heavy atom. The summed E-state index contributed by atoms with van der Waals surface area (Å²) in [6.45, 7) is 0.549. The van der Waals surface area contributed by atoms with Crippen molar-refractivity contribution in [3.8, 4) is 11.3 Å². The average Bonchev–Trinajstić information content (AvgIpc) is 3.30. The maximum Gasteiger partial charge on any atom is 0.262 e. The number of rotatable bonds is 7. The summed E-state index contributed by atoms with van der Waals surface area (Å²) in [4.78, 5) is 24.5. The summed E-state index contributed by atoms with van der Waals surface area (Å²) in [5.41, 5.74) is 3.71. The first kappa shape index (κ1) is 20.3. The van der Waals surface area contributed by atoms with Gasteiger partial charge in [0.15, 0.2) is 5.13 Å². The first-order valence-electron chi connectivity index (χ1n) is 9.62. The van der Waals surface area contributed by atoms with E-state index in [-0.39, 0.29) is 5.91 Å². The number of hydrogen-bond acceptors (Lipinski definition) is 5. The van der Waals surface area contributed by atoms with E-state index < -0.39 is 0 Å². The van der Waals surface area contributed by atoms with Gasteiger partial charge >= 0.3 is 0 Å². The van der Waals surface area contributed by atoms with Crippen molar-refractivity contribution in [2.45, 2.75) is 11.4 Å². The lowest BCUT2D eigenvalue weighted by molar-refractivity contribution is 0.0983. The summed E-state index contributed by atoms with van der Waals surface area (Å²) in [6, 6.07) is 23.9. The molecule has 4 nitrogen and oxygen atoms in total. The van der Waals surface area contributed by atoms with Crippen LogP contribution < -0.4 is 4.90 Å². The number of aromatic nitrogens is 2. The van der Waals surface area contributed by atoms with E-state index >= 15 is 0 Å². The maximum atomic E-state index is 13.5. The van der Waals surface area contributed by atoms with Gasteiger partial charge in [-0.25, -0.2) is 9.97 Å². The number of carbonyl (C=O) groups is 1. The summed E-state index contributed by atoms with van der Waals surface area (Å²) in [6.07, 6.45) is 4.40. The lowest BCUT2D eigenvalue weighted by Crippen LogP contribution is -2.33.